The van der Waals surface area contributed by atoms with Crippen molar-refractivity contribution in [3.8, 4) is 0 Å². The predicted octanol–water partition coefficient (Wildman–Crippen LogP) is 3.17. The molecule has 0 atom stereocenters. The molecule has 1 aliphatic carbocycles. The third kappa shape index (κ3) is 4.80. The van der Waals surface area contributed by atoms with Gasteiger partial charge in [0, 0.05) is 43.5 Å². The lowest BCUT2D eigenvalue weighted by Crippen LogP contribution is -2.45. The average Bonchev–Trinajstić information content (AvgIpc) is 3.35. The maximum atomic E-state index is 6.08. The fourth-order valence-electron chi connectivity index (χ4n) is 3.93. The van der Waals surface area contributed by atoms with E-state index >= 15 is 0 Å². The Hall–Kier alpha value is -2.08. The fraction of sp³-hybridized carbons (Fsp3) is 0.550. The molecule has 0 unspecified atom stereocenters. The Kier molecular flexibility index (Phi) is 6.72. The molecule has 0 bridgehead atoms. The van der Waals surface area contributed by atoms with Crippen molar-refractivity contribution in [2.75, 3.05) is 20.1 Å². The molecule has 6 nitrogen and oxygen atoms in total. The van der Waals surface area contributed by atoms with Crippen LogP contribution in [-0.2, 0) is 18.4 Å². The van der Waals surface area contributed by atoms with E-state index in [1.165, 1.54) is 31.2 Å². The van der Waals surface area contributed by atoms with Gasteiger partial charge < -0.3 is 15.2 Å². The number of hydrogen-bond acceptors (Lipinski definition) is 3. The van der Waals surface area contributed by atoms with Crippen molar-refractivity contribution in [2.24, 2.45) is 4.99 Å². The minimum Gasteiger partial charge on any atom is -0.356 e. The molecule has 0 spiro atoms. The molecule has 1 aromatic heterocycles. The molecule has 146 valence electrons. The van der Waals surface area contributed by atoms with Crippen LogP contribution >= 0.6 is 11.6 Å². The fourth-order valence-corrected chi connectivity index (χ4v) is 4.06. The van der Waals surface area contributed by atoms with Gasteiger partial charge in [0.1, 0.15) is 12.2 Å². The second-order valence-electron chi connectivity index (χ2n) is 7.14. The normalized spacial score (nSPS) is 16.5. The lowest BCUT2D eigenvalue weighted by Gasteiger charge is -2.31. The summed E-state index contributed by atoms with van der Waals surface area (Å²) in [5, 5.41) is 15.8. The molecule has 7 heteroatoms. The Balaban J connectivity index is 1.56. The summed E-state index contributed by atoms with van der Waals surface area (Å²) in [6.07, 6.45) is 7.59. The lowest BCUT2D eigenvalue weighted by molar-refractivity contribution is 0.431. The highest BCUT2D eigenvalue weighted by molar-refractivity contribution is 6.30. The molecule has 27 heavy (non-hydrogen) atoms. The van der Waals surface area contributed by atoms with Gasteiger partial charge in [-0.2, -0.15) is 0 Å². The van der Waals surface area contributed by atoms with Gasteiger partial charge >= 0.3 is 0 Å². The van der Waals surface area contributed by atoms with Crippen LogP contribution in [0.1, 0.15) is 44.0 Å². The number of rotatable bonds is 7. The maximum Gasteiger partial charge on any atom is 0.191 e. The van der Waals surface area contributed by atoms with Crippen LogP contribution in [0.3, 0.4) is 0 Å². The summed E-state index contributed by atoms with van der Waals surface area (Å²) in [5.74, 6) is 1.84. The molecule has 0 saturated heterocycles. The number of halogens is 1. The van der Waals surface area contributed by atoms with Crippen LogP contribution in [0.25, 0.3) is 0 Å². The van der Waals surface area contributed by atoms with E-state index in [2.05, 4.69) is 49.4 Å². The minimum absolute atomic E-state index is 0.159. The first-order chi connectivity index (χ1) is 13.2. The van der Waals surface area contributed by atoms with Crippen molar-refractivity contribution < 1.29 is 0 Å². The molecule has 1 aromatic carbocycles. The summed E-state index contributed by atoms with van der Waals surface area (Å²) in [6, 6.07) is 8.33. The summed E-state index contributed by atoms with van der Waals surface area (Å²) in [4.78, 5) is 4.38. The van der Waals surface area contributed by atoms with E-state index in [1.807, 2.05) is 19.2 Å². The van der Waals surface area contributed by atoms with Gasteiger partial charge in [0.15, 0.2) is 5.96 Å². The third-order valence-corrected chi connectivity index (χ3v) is 5.74. The number of aromatic nitrogens is 3. The van der Waals surface area contributed by atoms with E-state index in [1.54, 1.807) is 6.33 Å². The van der Waals surface area contributed by atoms with Gasteiger partial charge in [-0.15, -0.1) is 10.2 Å². The summed E-state index contributed by atoms with van der Waals surface area (Å²) in [5.41, 5.74) is 1.52. The number of guanidine groups is 1. The second-order valence-corrected chi connectivity index (χ2v) is 7.58. The summed E-state index contributed by atoms with van der Waals surface area (Å²) in [6.45, 7) is 4.56. The molecule has 1 fully saturated rings. The Morgan fingerprint density at radius 3 is 2.63 bits per heavy atom. The van der Waals surface area contributed by atoms with Gasteiger partial charge in [-0.1, -0.05) is 43.5 Å². The van der Waals surface area contributed by atoms with Gasteiger partial charge in [-0.05, 0) is 30.5 Å². The van der Waals surface area contributed by atoms with Crippen LogP contribution in [0.15, 0.2) is 35.6 Å². The van der Waals surface area contributed by atoms with Crippen LogP contribution in [0.2, 0.25) is 5.02 Å². The Morgan fingerprint density at radius 1 is 1.22 bits per heavy atom. The monoisotopic (exact) mass is 388 g/mol. The molecule has 0 radical (unpaired) electrons. The molecule has 1 aliphatic rings. The zero-order valence-corrected chi connectivity index (χ0v) is 17.0. The van der Waals surface area contributed by atoms with Crippen LogP contribution in [0.4, 0.5) is 0 Å². The van der Waals surface area contributed by atoms with Crippen LogP contribution in [0.5, 0.6) is 0 Å². The highest BCUT2D eigenvalue weighted by atomic mass is 35.5. The van der Waals surface area contributed by atoms with Crippen LogP contribution in [-0.4, -0.2) is 40.9 Å². The average molecular weight is 389 g/mol. The first kappa shape index (κ1) is 19.7. The quantitative estimate of drug-likeness (QED) is 0.564. The molecule has 0 aliphatic heterocycles. The van der Waals surface area contributed by atoms with Crippen molar-refractivity contribution in [2.45, 2.75) is 51.0 Å². The molecule has 2 aromatic rings. The van der Waals surface area contributed by atoms with Gasteiger partial charge in [-0.25, -0.2) is 0 Å². The summed E-state index contributed by atoms with van der Waals surface area (Å²) in [7, 11) is 1.81. The van der Waals surface area contributed by atoms with E-state index in [9.17, 15) is 0 Å². The first-order valence-electron chi connectivity index (χ1n) is 9.74. The lowest BCUT2D eigenvalue weighted by atomic mass is 9.79. The summed E-state index contributed by atoms with van der Waals surface area (Å²) >= 11 is 6.08. The smallest absolute Gasteiger partial charge is 0.191 e. The summed E-state index contributed by atoms with van der Waals surface area (Å²) < 4.78 is 2.08. The molecular weight excluding hydrogens is 360 g/mol. The number of benzene rings is 1. The van der Waals surface area contributed by atoms with E-state index in [0.717, 1.165) is 42.9 Å². The van der Waals surface area contributed by atoms with Gasteiger partial charge in [-0.3, -0.25) is 4.99 Å². The zero-order chi connectivity index (χ0) is 19.1. The van der Waals surface area contributed by atoms with Gasteiger partial charge in [0.05, 0.1) is 0 Å². The van der Waals surface area contributed by atoms with E-state index in [4.69, 9.17) is 11.6 Å². The molecule has 3 rings (SSSR count). The van der Waals surface area contributed by atoms with E-state index in [0.29, 0.717) is 0 Å². The Labute approximate surface area is 166 Å². The second kappa shape index (κ2) is 9.22. The standard InChI is InChI=1S/C20H29ClN6/c1-3-18-26-25-15-27(18)13-12-23-19(22-2)24-14-20(10-4-5-11-20)16-6-8-17(21)9-7-16/h6-9,15H,3-5,10-14H2,1-2H3,(H2,22,23,24). The number of nitrogens with zero attached hydrogens (tertiary/aromatic N) is 4. The molecule has 0 amide bonds. The van der Waals surface area contributed by atoms with Crippen molar-refractivity contribution >= 4 is 17.6 Å². The van der Waals surface area contributed by atoms with Crippen LogP contribution in [0, 0.1) is 0 Å². The SMILES string of the molecule is CCc1nncn1CCNC(=NC)NCC1(c2ccc(Cl)cc2)CCCC1. The van der Waals surface area contributed by atoms with Crippen molar-refractivity contribution in [3.05, 3.63) is 47.0 Å². The van der Waals surface area contributed by atoms with Gasteiger partial charge in [0.2, 0.25) is 0 Å². The van der Waals surface area contributed by atoms with Crippen molar-refractivity contribution in [1.82, 2.24) is 25.4 Å². The largest absolute Gasteiger partial charge is 0.356 e. The third-order valence-electron chi connectivity index (χ3n) is 5.49. The zero-order valence-electron chi connectivity index (χ0n) is 16.2. The Morgan fingerprint density at radius 2 is 1.96 bits per heavy atom. The molecular formula is C20H29ClN6. The number of hydrogen-bond donors (Lipinski definition) is 2. The molecule has 1 heterocycles. The molecule has 2 N–H and O–H groups in total. The number of aliphatic imine (C=N–C) groups is 1. The number of nitrogens with one attached hydrogen (secondary N) is 2. The maximum absolute atomic E-state index is 6.08. The topological polar surface area (TPSA) is 67.1 Å². The minimum atomic E-state index is 0.159. The van der Waals surface area contributed by atoms with Gasteiger partial charge in [0.25, 0.3) is 0 Å². The highest BCUT2D eigenvalue weighted by Gasteiger charge is 2.35. The van der Waals surface area contributed by atoms with Crippen LogP contribution < -0.4 is 10.6 Å². The van der Waals surface area contributed by atoms with E-state index in [-0.39, 0.29) is 5.41 Å². The first-order valence-corrected chi connectivity index (χ1v) is 10.1. The molecule has 1 saturated carbocycles. The highest BCUT2D eigenvalue weighted by Crippen LogP contribution is 2.40. The van der Waals surface area contributed by atoms with Crippen molar-refractivity contribution in [1.29, 1.82) is 0 Å². The van der Waals surface area contributed by atoms with E-state index < -0.39 is 0 Å². The predicted molar refractivity (Wildman–Crippen MR) is 110 cm³/mol. The Bertz CT molecular complexity index is 746. The van der Waals surface area contributed by atoms with Crippen molar-refractivity contribution in [3.63, 3.8) is 0 Å². The number of aryl methyl sites for hydroxylation is 1.